The molecule has 0 fully saturated rings. The molecule has 0 aliphatic rings. The number of rotatable bonds is 6. The first kappa shape index (κ1) is 15.2. The van der Waals surface area contributed by atoms with E-state index in [0.29, 0.717) is 6.54 Å². The minimum Gasteiger partial charge on any atom is -0.475 e. The van der Waals surface area contributed by atoms with Gasteiger partial charge in [-0.05, 0) is 31.6 Å². The Morgan fingerprint density at radius 2 is 1.89 bits per heavy atom. The lowest BCUT2D eigenvalue weighted by molar-refractivity contribution is 0.0659. The van der Waals surface area contributed by atoms with E-state index in [9.17, 15) is 9.59 Å². The first-order valence-corrected chi connectivity index (χ1v) is 5.97. The quantitative estimate of drug-likeness (QED) is 0.812. The van der Waals surface area contributed by atoms with Gasteiger partial charge >= 0.3 is 5.97 Å². The summed E-state index contributed by atoms with van der Waals surface area (Å²) >= 11 is 0. The van der Waals surface area contributed by atoms with Crippen LogP contribution in [0.5, 0.6) is 0 Å². The molecule has 0 saturated heterocycles. The molecule has 1 heterocycles. The Hall–Kier alpha value is -1.82. The summed E-state index contributed by atoms with van der Waals surface area (Å²) < 4.78 is 4.93. The summed E-state index contributed by atoms with van der Waals surface area (Å²) in [6.45, 7) is 5.38. The molecule has 0 bridgehead atoms. The Morgan fingerprint density at radius 3 is 2.37 bits per heavy atom. The molecule has 0 spiro atoms. The standard InChI is InChI=1S/C13H20N2O4/c1-13(2,8-15(3)4)7-14-11(16)9-5-6-10(19-9)12(17)18/h5-6H,7-8H2,1-4H3,(H,14,16)(H,17,18). The maximum absolute atomic E-state index is 11.8. The number of carbonyl (C=O) groups is 2. The van der Waals surface area contributed by atoms with Crippen molar-refractivity contribution < 1.29 is 19.1 Å². The van der Waals surface area contributed by atoms with Crippen molar-refractivity contribution in [1.82, 2.24) is 10.2 Å². The zero-order valence-corrected chi connectivity index (χ0v) is 11.7. The predicted octanol–water partition coefficient (Wildman–Crippen LogP) is 1.30. The van der Waals surface area contributed by atoms with Crippen LogP contribution in [-0.4, -0.2) is 49.1 Å². The van der Waals surface area contributed by atoms with Gasteiger partial charge in [-0.15, -0.1) is 0 Å². The fourth-order valence-electron chi connectivity index (χ4n) is 1.89. The van der Waals surface area contributed by atoms with E-state index in [4.69, 9.17) is 9.52 Å². The highest BCUT2D eigenvalue weighted by molar-refractivity contribution is 5.93. The Morgan fingerprint density at radius 1 is 1.32 bits per heavy atom. The van der Waals surface area contributed by atoms with Gasteiger partial charge in [-0.25, -0.2) is 4.79 Å². The Bertz CT molecular complexity index is 463. The zero-order chi connectivity index (χ0) is 14.6. The monoisotopic (exact) mass is 268 g/mol. The van der Waals surface area contributed by atoms with E-state index in [1.54, 1.807) is 0 Å². The van der Waals surface area contributed by atoms with Crippen LogP contribution in [0.3, 0.4) is 0 Å². The second-order valence-corrected chi connectivity index (χ2v) is 5.55. The van der Waals surface area contributed by atoms with Gasteiger partial charge < -0.3 is 19.7 Å². The molecule has 0 atom stereocenters. The first-order valence-electron chi connectivity index (χ1n) is 5.97. The number of carbonyl (C=O) groups excluding carboxylic acids is 1. The molecule has 19 heavy (non-hydrogen) atoms. The smallest absolute Gasteiger partial charge is 0.371 e. The molecule has 1 amide bonds. The number of hydrogen-bond donors (Lipinski definition) is 2. The molecular formula is C13H20N2O4. The van der Waals surface area contributed by atoms with Crippen molar-refractivity contribution in [1.29, 1.82) is 0 Å². The lowest BCUT2D eigenvalue weighted by Gasteiger charge is -2.28. The minimum absolute atomic E-state index is 0.0121. The molecule has 0 saturated carbocycles. The number of amides is 1. The number of aromatic carboxylic acids is 1. The SMILES string of the molecule is CN(C)CC(C)(C)CNC(=O)c1ccc(C(=O)O)o1. The van der Waals surface area contributed by atoms with Crippen LogP contribution < -0.4 is 5.32 Å². The van der Waals surface area contributed by atoms with Gasteiger partial charge in [0.05, 0.1) is 0 Å². The topological polar surface area (TPSA) is 82.8 Å². The van der Waals surface area contributed by atoms with E-state index >= 15 is 0 Å². The maximum atomic E-state index is 11.8. The van der Waals surface area contributed by atoms with Gasteiger partial charge in [0.15, 0.2) is 5.76 Å². The van der Waals surface area contributed by atoms with E-state index in [-0.39, 0.29) is 16.9 Å². The third-order valence-corrected chi connectivity index (χ3v) is 2.51. The van der Waals surface area contributed by atoms with Crippen LogP contribution in [0.4, 0.5) is 0 Å². The van der Waals surface area contributed by atoms with E-state index in [2.05, 4.69) is 5.32 Å². The van der Waals surface area contributed by atoms with E-state index in [0.717, 1.165) is 6.54 Å². The normalized spacial score (nSPS) is 11.6. The molecule has 0 aromatic carbocycles. The van der Waals surface area contributed by atoms with Gasteiger partial charge in [0.25, 0.3) is 5.91 Å². The van der Waals surface area contributed by atoms with Crippen molar-refractivity contribution in [3.8, 4) is 0 Å². The van der Waals surface area contributed by atoms with E-state index in [1.165, 1.54) is 12.1 Å². The van der Waals surface area contributed by atoms with Crippen molar-refractivity contribution in [3.63, 3.8) is 0 Å². The summed E-state index contributed by atoms with van der Waals surface area (Å²) in [5.74, 6) is -1.82. The summed E-state index contributed by atoms with van der Waals surface area (Å²) in [4.78, 5) is 24.5. The van der Waals surface area contributed by atoms with Gasteiger partial charge in [0, 0.05) is 13.1 Å². The Labute approximate surface area is 112 Å². The number of furan rings is 1. The summed E-state index contributed by atoms with van der Waals surface area (Å²) in [6.07, 6.45) is 0. The number of nitrogens with one attached hydrogen (secondary N) is 1. The third kappa shape index (κ3) is 4.75. The number of carboxylic acid groups (broad SMARTS) is 1. The lowest BCUT2D eigenvalue weighted by Crippen LogP contribution is -2.39. The average Bonchev–Trinajstić information content (AvgIpc) is 2.73. The third-order valence-electron chi connectivity index (χ3n) is 2.51. The molecular weight excluding hydrogens is 248 g/mol. The molecule has 1 aromatic heterocycles. The van der Waals surface area contributed by atoms with Crippen LogP contribution in [0.1, 0.15) is 35.0 Å². The summed E-state index contributed by atoms with van der Waals surface area (Å²) in [7, 11) is 3.93. The van der Waals surface area contributed by atoms with Crippen LogP contribution in [0.15, 0.2) is 16.5 Å². The second-order valence-electron chi connectivity index (χ2n) is 5.55. The number of nitrogens with zero attached hydrogens (tertiary/aromatic N) is 1. The maximum Gasteiger partial charge on any atom is 0.371 e. The van der Waals surface area contributed by atoms with E-state index in [1.807, 2.05) is 32.8 Å². The molecule has 1 aromatic rings. The first-order chi connectivity index (χ1) is 8.71. The largest absolute Gasteiger partial charge is 0.475 e. The van der Waals surface area contributed by atoms with Crippen LogP contribution in [0.25, 0.3) is 0 Å². The highest BCUT2D eigenvalue weighted by Gasteiger charge is 2.21. The molecule has 2 N–H and O–H groups in total. The van der Waals surface area contributed by atoms with Crippen LogP contribution in [-0.2, 0) is 0 Å². The molecule has 6 nitrogen and oxygen atoms in total. The molecule has 0 aliphatic heterocycles. The summed E-state index contributed by atoms with van der Waals surface area (Å²) in [5, 5.41) is 11.5. The zero-order valence-electron chi connectivity index (χ0n) is 11.7. The molecule has 0 radical (unpaired) electrons. The van der Waals surface area contributed by atoms with Crippen LogP contribution >= 0.6 is 0 Å². The van der Waals surface area contributed by atoms with Gasteiger partial charge in [0.1, 0.15) is 0 Å². The van der Waals surface area contributed by atoms with Crippen LogP contribution in [0, 0.1) is 5.41 Å². The van der Waals surface area contributed by atoms with Crippen molar-refractivity contribution in [2.24, 2.45) is 5.41 Å². The molecule has 1 rings (SSSR count). The van der Waals surface area contributed by atoms with Gasteiger partial charge in [-0.3, -0.25) is 4.79 Å². The lowest BCUT2D eigenvalue weighted by atomic mass is 9.93. The predicted molar refractivity (Wildman–Crippen MR) is 70.3 cm³/mol. The fourth-order valence-corrected chi connectivity index (χ4v) is 1.89. The van der Waals surface area contributed by atoms with Crippen molar-refractivity contribution in [2.75, 3.05) is 27.2 Å². The average molecular weight is 268 g/mol. The summed E-state index contributed by atoms with van der Waals surface area (Å²) in [5.41, 5.74) is -0.0820. The van der Waals surface area contributed by atoms with Crippen molar-refractivity contribution >= 4 is 11.9 Å². The Balaban J connectivity index is 2.57. The molecule has 106 valence electrons. The van der Waals surface area contributed by atoms with Gasteiger partial charge in [-0.1, -0.05) is 13.8 Å². The highest BCUT2D eigenvalue weighted by Crippen LogP contribution is 2.15. The molecule has 0 aliphatic carbocycles. The minimum atomic E-state index is -1.19. The Kier molecular flexibility index (Phi) is 4.72. The summed E-state index contributed by atoms with van der Waals surface area (Å²) in [6, 6.07) is 2.62. The molecule has 0 unspecified atom stereocenters. The number of hydrogen-bond acceptors (Lipinski definition) is 4. The van der Waals surface area contributed by atoms with Gasteiger partial charge in [-0.2, -0.15) is 0 Å². The van der Waals surface area contributed by atoms with Crippen LogP contribution in [0.2, 0.25) is 0 Å². The van der Waals surface area contributed by atoms with E-state index < -0.39 is 11.9 Å². The van der Waals surface area contributed by atoms with Crippen molar-refractivity contribution in [2.45, 2.75) is 13.8 Å². The number of carboxylic acids is 1. The fraction of sp³-hybridized carbons (Fsp3) is 0.538. The molecule has 6 heteroatoms. The van der Waals surface area contributed by atoms with Crippen molar-refractivity contribution in [3.05, 3.63) is 23.7 Å². The highest BCUT2D eigenvalue weighted by atomic mass is 16.4. The van der Waals surface area contributed by atoms with Gasteiger partial charge in [0.2, 0.25) is 5.76 Å². The second kappa shape index (κ2) is 5.88.